The second kappa shape index (κ2) is 7.18. The fraction of sp³-hybridized carbons (Fsp3) is 0.417. The van der Waals surface area contributed by atoms with E-state index in [9.17, 15) is 14.4 Å². The zero-order valence-electron chi connectivity index (χ0n) is 17.9. The third kappa shape index (κ3) is 3.10. The molecule has 1 N–H and O–H groups in total. The van der Waals surface area contributed by atoms with Crippen LogP contribution in [-0.4, -0.2) is 38.9 Å². The molecule has 0 unspecified atom stereocenters. The second-order valence-corrected chi connectivity index (χ2v) is 8.98. The lowest BCUT2D eigenvalue weighted by Crippen LogP contribution is -2.42. The van der Waals surface area contributed by atoms with Gasteiger partial charge in [0.1, 0.15) is 6.54 Å². The molecule has 1 saturated carbocycles. The van der Waals surface area contributed by atoms with Crippen molar-refractivity contribution in [3.05, 3.63) is 59.4 Å². The van der Waals surface area contributed by atoms with Crippen LogP contribution in [0.1, 0.15) is 36.2 Å². The summed E-state index contributed by atoms with van der Waals surface area (Å²) in [6, 6.07) is 7.78. The fourth-order valence-corrected chi connectivity index (χ4v) is 5.42. The van der Waals surface area contributed by atoms with E-state index in [0.717, 1.165) is 28.3 Å². The molecule has 7 nitrogen and oxygen atoms in total. The first-order chi connectivity index (χ1) is 14.8. The van der Waals surface area contributed by atoms with E-state index in [2.05, 4.69) is 22.6 Å². The fourth-order valence-electron chi connectivity index (χ4n) is 5.42. The minimum Gasteiger partial charge on any atom is -0.348 e. The molecule has 2 aromatic rings. The molecule has 0 spiro atoms. The minimum atomic E-state index is -0.336. The summed E-state index contributed by atoms with van der Waals surface area (Å²) in [5.74, 6) is -0.985. The number of benzene rings is 1. The van der Waals surface area contributed by atoms with Crippen molar-refractivity contribution < 1.29 is 14.4 Å². The predicted octanol–water partition coefficient (Wildman–Crippen LogP) is 2.47. The molecule has 0 radical (unpaired) electrons. The quantitative estimate of drug-likeness (QED) is 0.597. The molecule has 2 fully saturated rings. The third-order valence-corrected chi connectivity index (χ3v) is 7.03. The van der Waals surface area contributed by atoms with E-state index < -0.39 is 0 Å². The SMILES string of the molecule is Cc1ccc(-n2ncc([C@H](C)NC(=O)CN3C(=O)[C@H]4[C@H](C3=O)[C@H]3C=C[C@H]4C3)c2C)cc1. The van der Waals surface area contributed by atoms with Gasteiger partial charge in [0.15, 0.2) is 0 Å². The zero-order valence-corrected chi connectivity index (χ0v) is 17.9. The molecule has 2 bridgehead atoms. The van der Waals surface area contributed by atoms with Gasteiger partial charge in [0.05, 0.1) is 29.8 Å². The van der Waals surface area contributed by atoms with Crippen molar-refractivity contribution in [2.75, 3.05) is 6.54 Å². The van der Waals surface area contributed by atoms with E-state index in [-0.39, 0.29) is 54.0 Å². The van der Waals surface area contributed by atoms with E-state index in [4.69, 9.17) is 0 Å². The largest absolute Gasteiger partial charge is 0.348 e. The smallest absolute Gasteiger partial charge is 0.240 e. The van der Waals surface area contributed by atoms with Crippen molar-refractivity contribution in [2.45, 2.75) is 33.2 Å². The number of rotatable bonds is 5. The maximum atomic E-state index is 12.8. The molecule has 3 aliphatic rings. The van der Waals surface area contributed by atoms with Gasteiger partial charge in [0.2, 0.25) is 17.7 Å². The summed E-state index contributed by atoms with van der Waals surface area (Å²) < 4.78 is 1.84. The van der Waals surface area contributed by atoms with Crippen LogP contribution in [0.3, 0.4) is 0 Å². The Bertz CT molecular complexity index is 1070. The van der Waals surface area contributed by atoms with Gasteiger partial charge in [0.25, 0.3) is 0 Å². The number of imide groups is 1. The minimum absolute atomic E-state index is 0.147. The van der Waals surface area contributed by atoms with E-state index in [0.29, 0.717) is 0 Å². The molecule has 31 heavy (non-hydrogen) atoms. The van der Waals surface area contributed by atoms with Gasteiger partial charge in [-0.3, -0.25) is 19.3 Å². The van der Waals surface area contributed by atoms with Crippen LogP contribution in [0.4, 0.5) is 0 Å². The van der Waals surface area contributed by atoms with E-state index in [1.807, 2.05) is 49.7 Å². The Morgan fingerprint density at radius 2 is 1.71 bits per heavy atom. The number of amides is 3. The number of aromatic nitrogens is 2. The number of aryl methyl sites for hydroxylation is 1. The maximum Gasteiger partial charge on any atom is 0.240 e. The summed E-state index contributed by atoms with van der Waals surface area (Å²) in [5, 5.41) is 7.40. The van der Waals surface area contributed by atoms with Crippen LogP contribution in [0.5, 0.6) is 0 Å². The number of likely N-dealkylation sites (tertiary alicyclic amines) is 1. The first-order valence-electron chi connectivity index (χ1n) is 10.8. The molecule has 7 heteroatoms. The summed E-state index contributed by atoms with van der Waals surface area (Å²) in [7, 11) is 0. The van der Waals surface area contributed by atoms with Gasteiger partial charge in [-0.1, -0.05) is 29.8 Å². The van der Waals surface area contributed by atoms with Crippen molar-refractivity contribution >= 4 is 17.7 Å². The normalized spacial score (nSPS) is 27.1. The van der Waals surface area contributed by atoms with Gasteiger partial charge in [-0.15, -0.1) is 0 Å². The summed E-state index contributed by atoms with van der Waals surface area (Å²) in [6.07, 6.45) is 6.74. The molecular formula is C24H26N4O3. The standard InChI is InChI=1S/C24H26N4O3/c1-13-4-8-18(9-5-13)28-15(3)19(11-25-28)14(2)26-20(29)12-27-23(30)21-16-6-7-17(10-16)22(21)24(27)31/h4-9,11,14,16-17,21-22H,10,12H2,1-3H3,(H,26,29)/t14-,16-,17-,21+,22+/m0/s1. The van der Waals surface area contributed by atoms with Crippen LogP contribution < -0.4 is 5.32 Å². The summed E-state index contributed by atoms with van der Waals surface area (Å²) in [6.45, 7) is 5.66. The van der Waals surface area contributed by atoms with Crippen molar-refractivity contribution in [1.82, 2.24) is 20.0 Å². The summed E-state index contributed by atoms with van der Waals surface area (Å²) in [5.41, 5.74) is 3.96. The first-order valence-corrected chi connectivity index (χ1v) is 10.8. The Morgan fingerprint density at radius 1 is 1.10 bits per heavy atom. The zero-order chi connectivity index (χ0) is 21.9. The number of fused-ring (bicyclic) bond motifs is 5. The molecule has 1 aromatic heterocycles. The lowest BCUT2D eigenvalue weighted by Gasteiger charge is -2.19. The lowest BCUT2D eigenvalue weighted by atomic mass is 9.85. The molecule has 2 heterocycles. The molecule has 5 rings (SSSR count). The molecule has 1 aliphatic heterocycles. The molecule has 160 valence electrons. The van der Waals surface area contributed by atoms with Gasteiger partial charge in [-0.05, 0) is 51.2 Å². The highest BCUT2D eigenvalue weighted by molar-refractivity contribution is 6.08. The number of nitrogens with one attached hydrogen (secondary N) is 1. The first kappa shape index (κ1) is 19.7. The van der Waals surface area contributed by atoms with Crippen molar-refractivity contribution in [2.24, 2.45) is 23.7 Å². The van der Waals surface area contributed by atoms with Gasteiger partial charge in [-0.2, -0.15) is 5.10 Å². The van der Waals surface area contributed by atoms with Crippen LogP contribution in [0, 0.1) is 37.5 Å². The van der Waals surface area contributed by atoms with Crippen LogP contribution in [0.15, 0.2) is 42.6 Å². The number of nitrogens with zero attached hydrogens (tertiary/aromatic N) is 3. The summed E-state index contributed by atoms with van der Waals surface area (Å²) in [4.78, 5) is 39.4. The number of carbonyl (C=O) groups excluding carboxylic acids is 3. The molecule has 2 aliphatic carbocycles. The predicted molar refractivity (Wildman–Crippen MR) is 114 cm³/mol. The third-order valence-electron chi connectivity index (χ3n) is 7.03. The van der Waals surface area contributed by atoms with Gasteiger partial charge < -0.3 is 5.32 Å². The lowest BCUT2D eigenvalue weighted by molar-refractivity contribution is -0.144. The highest BCUT2D eigenvalue weighted by atomic mass is 16.2. The van der Waals surface area contributed by atoms with Gasteiger partial charge in [-0.25, -0.2) is 4.68 Å². The highest BCUT2D eigenvalue weighted by Gasteiger charge is 2.59. The van der Waals surface area contributed by atoms with Crippen molar-refractivity contribution in [3.63, 3.8) is 0 Å². The van der Waals surface area contributed by atoms with Crippen LogP contribution >= 0.6 is 0 Å². The number of hydrogen-bond donors (Lipinski definition) is 1. The molecule has 1 aromatic carbocycles. The Kier molecular flexibility index (Phi) is 4.57. The molecule has 1 saturated heterocycles. The number of hydrogen-bond acceptors (Lipinski definition) is 4. The van der Waals surface area contributed by atoms with Crippen LogP contribution in [0.25, 0.3) is 5.69 Å². The number of allylic oxidation sites excluding steroid dienone is 2. The Morgan fingerprint density at radius 3 is 2.32 bits per heavy atom. The highest BCUT2D eigenvalue weighted by Crippen LogP contribution is 2.52. The van der Waals surface area contributed by atoms with Crippen LogP contribution in [0.2, 0.25) is 0 Å². The van der Waals surface area contributed by atoms with E-state index in [1.165, 1.54) is 5.56 Å². The monoisotopic (exact) mass is 418 g/mol. The topological polar surface area (TPSA) is 84.3 Å². The van der Waals surface area contributed by atoms with Crippen LogP contribution in [-0.2, 0) is 14.4 Å². The van der Waals surface area contributed by atoms with E-state index in [1.54, 1.807) is 6.20 Å². The molecule has 3 amide bonds. The van der Waals surface area contributed by atoms with Gasteiger partial charge in [0, 0.05) is 11.3 Å². The average Bonchev–Trinajstić information content (AvgIpc) is 3.49. The Balaban J connectivity index is 1.26. The Labute approximate surface area is 181 Å². The maximum absolute atomic E-state index is 12.8. The van der Waals surface area contributed by atoms with E-state index >= 15 is 0 Å². The van der Waals surface area contributed by atoms with Gasteiger partial charge >= 0.3 is 0 Å². The molecular weight excluding hydrogens is 392 g/mol. The number of carbonyl (C=O) groups is 3. The average molecular weight is 418 g/mol. The Hall–Kier alpha value is -3.22. The van der Waals surface area contributed by atoms with Crippen molar-refractivity contribution in [3.8, 4) is 5.69 Å². The molecule has 5 atom stereocenters. The second-order valence-electron chi connectivity index (χ2n) is 8.98. The summed E-state index contributed by atoms with van der Waals surface area (Å²) >= 11 is 0. The van der Waals surface area contributed by atoms with Crippen molar-refractivity contribution in [1.29, 1.82) is 0 Å².